The molecule has 1 unspecified atom stereocenters. The highest BCUT2D eigenvalue weighted by Gasteiger charge is 2.18. The molecule has 1 atom stereocenters. The predicted octanol–water partition coefficient (Wildman–Crippen LogP) is 3.18. The molecule has 0 aliphatic rings. The minimum absolute atomic E-state index is 0.0380. The van der Waals surface area contributed by atoms with Crippen LogP contribution in [0.25, 0.3) is 0 Å². The van der Waals surface area contributed by atoms with E-state index >= 15 is 0 Å². The van der Waals surface area contributed by atoms with Crippen LogP contribution >= 0.6 is 0 Å². The van der Waals surface area contributed by atoms with E-state index in [1.54, 1.807) is 6.92 Å². The van der Waals surface area contributed by atoms with Crippen molar-refractivity contribution in [3.63, 3.8) is 0 Å². The van der Waals surface area contributed by atoms with Crippen molar-refractivity contribution in [3.05, 3.63) is 0 Å². The average molecular weight is 257 g/mol. The summed E-state index contributed by atoms with van der Waals surface area (Å²) < 4.78 is 5.89. The molecule has 0 fully saturated rings. The molecule has 3 nitrogen and oxygen atoms in total. The van der Waals surface area contributed by atoms with Crippen LogP contribution in [0.2, 0.25) is 0 Å². The Labute approximate surface area is 113 Å². The molecule has 0 radical (unpaired) electrons. The van der Waals surface area contributed by atoms with Gasteiger partial charge >= 0.3 is 0 Å². The molecule has 18 heavy (non-hydrogen) atoms. The molecule has 0 aromatic carbocycles. The number of nitrogens with one attached hydrogen (secondary N) is 1. The molecule has 0 saturated heterocycles. The Morgan fingerprint density at radius 2 is 2.00 bits per heavy atom. The van der Waals surface area contributed by atoms with Gasteiger partial charge < -0.3 is 14.8 Å². The maximum absolute atomic E-state index is 11.0. The van der Waals surface area contributed by atoms with E-state index < -0.39 is 0 Å². The van der Waals surface area contributed by atoms with Gasteiger partial charge in [-0.05, 0) is 53.1 Å². The van der Waals surface area contributed by atoms with E-state index in [4.69, 9.17) is 4.74 Å². The number of Topliss-reactive ketones (excluding diaryl/α,β-unsaturated/α-hetero) is 1. The first kappa shape index (κ1) is 17.6. The molecule has 0 spiro atoms. The largest absolute Gasteiger partial charge is 0.376 e. The van der Waals surface area contributed by atoms with Gasteiger partial charge in [0.2, 0.25) is 0 Å². The van der Waals surface area contributed by atoms with Crippen LogP contribution in [-0.4, -0.2) is 31.6 Å². The highest BCUT2D eigenvalue weighted by molar-refractivity contribution is 5.75. The van der Waals surface area contributed by atoms with E-state index in [0.717, 1.165) is 38.8 Å². The standard InChI is InChI=1S/C15H31NO2/c1-13(12-14(2)17)8-6-9-15(3,4)18-11-7-10-16-5/h13,16H,6-12H2,1-5H3. The second kappa shape index (κ2) is 9.51. The highest BCUT2D eigenvalue weighted by atomic mass is 16.5. The summed E-state index contributed by atoms with van der Waals surface area (Å²) in [4.78, 5) is 11.0. The van der Waals surface area contributed by atoms with Crippen molar-refractivity contribution in [1.29, 1.82) is 0 Å². The summed E-state index contributed by atoms with van der Waals surface area (Å²) in [5.41, 5.74) is -0.0380. The molecule has 0 aliphatic carbocycles. The maximum atomic E-state index is 11.0. The fraction of sp³-hybridized carbons (Fsp3) is 0.933. The van der Waals surface area contributed by atoms with Crippen molar-refractivity contribution in [2.24, 2.45) is 5.92 Å². The second-order valence-electron chi connectivity index (χ2n) is 5.97. The van der Waals surface area contributed by atoms with E-state index in [1.807, 2.05) is 7.05 Å². The number of rotatable bonds is 11. The van der Waals surface area contributed by atoms with Crippen LogP contribution in [0, 0.1) is 5.92 Å². The lowest BCUT2D eigenvalue weighted by molar-refractivity contribution is -0.117. The summed E-state index contributed by atoms with van der Waals surface area (Å²) >= 11 is 0. The van der Waals surface area contributed by atoms with Gasteiger partial charge in [0.05, 0.1) is 5.60 Å². The number of hydrogen-bond donors (Lipinski definition) is 1. The van der Waals surface area contributed by atoms with Crippen molar-refractivity contribution in [1.82, 2.24) is 5.32 Å². The zero-order chi connectivity index (χ0) is 14.0. The minimum Gasteiger partial charge on any atom is -0.376 e. The molecule has 0 aromatic rings. The summed E-state index contributed by atoms with van der Waals surface area (Å²) in [6.45, 7) is 9.96. The van der Waals surface area contributed by atoms with Crippen LogP contribution in [0.3, 0.4) is 0 Å². The Kier molecular flexibility index (Phi) is 9.29. The maximum Gasteiger partial charge on any atom is 0.130 e. The molecule has 0 saturated carbocycles. The molecule has 108 valence electrons. The van der Waals surface area contributed by atoms with E-state index in [0.29, 0.717) is 18.1 Å². The molecule has 1 N–H and O–H groups in total. The van der Waals surface area contributed by atoms with Gasteiger partial charge in [0.15, 0.2) is 0 Å². The Hall–Kier alpha value is -0.410. The fourth-order valence-corrected chi connectivity index (χ4v) is 2.14. The van der Waals surface area contributed by atoms with Crippen molar-refractivity contribution in [3.8, 4) is 0 Å². The van der Waals surface area contributed by atoms with Crippen LogP contribution in [0.1, 0.15) is 59.8 Å². The minimum atomic E-state index is -0.0380. The lowest BCUT2D eigenvalue weighted by atomic mass is 9.94. The average Bonchev–Trinajstić information content (AvgIpc) is 2.23. The number of carbonyl (C=O) groups is 1. The first-order valence-electron chi connectivity index (χ1n) is 7.15. The van der Waals surface area contributed by atoms with Gasteiger partial charge in [0.25, 0.3) is 0 Å². The Bertz CT molecular complexity index is 227. The zero-order valence-corrected chi connectivity index (χ0v) is 12.8. The lowest BCUT2D eigenvalue weighted by Crippen LogP contribution is -2.26. The number of carbonyl (C=O) groups excluding carboxylic acids is 1. The molecular formula is C15H31NO2. The van der Waals surface area contributed by atoms with Gasteiger partial charge in [-0.3, -0.25) is 0 Å². The molecule has 0 rings (SSSR count). The van der Waals surface area contributed by atoms with Crippen LogP contribution in [0.15, 0.2) is 0 Å². The molecular weight excluding hydrogens is 226 g/mol. The lowest BCUT2D eigenvalue weighted by Gasteiger charge is -2.26. The number of hydrogen-bond acceptors (Lipinski definition) is 3. The van der Waals surface area contributed by atoms with Crippen molar-refractivity contribution in [2.75, 3.05) is 20.2 Å². The van der Waals surface area contributed by atoms with Gasteiger partial charge in [-0.2, -0.15) is 0 Å². The third kappa shape index (κ3) is 10.7. The smallest absolute Gasteiger partial charge is 0.130 e. The van der Waals surface area contributed by atoms with E-state index in [9.17, 15) is 4.79 Å². The quantitative estimate of drug-likeness (QED) is 0.578. The first-order valence-corrected chi connectivity index (χ1v) is 7.15. The van der Waals surface area contributed by atoms with E-state index in [-0.39, 0.29) is 5.60 Å². The Balaban J connectivity index is 3.65. The molecule has 0 amide bonds. The van der Waals surface area contributed by atoms with E-state index in [1.165, 1.54) is 0 Å². The fourth-order valence-electron chi connectivity index (χ4n) is 2.14. The van der Waals surface area contributed by atoms with Gasteiger partial charge in [0.1, 0.15) is 5.78 Å². The molecule has 0 bridgehead atoms. The monoisotopic (exact) mass is 257 g/mol. The topological polar surface area (TPSA) is 38.3 Å². The third-order valence-electron chi connectivity index (χ3n) is 3.18. The predicted molar refractivity (Wildman–Crippen MR) is 76.9 cm³/mol. The SMILES string of the molecule is CNCCCOC(C)(C)CCCC(C)CC(C)=O. The number of ether oxygens (including phenoxy) is 1. The van der Waals surface area contributed by atoms with Crippen molar-refractivity contribution in [2.45, 2.75) is 65.4 Å². The third-order valence-corrected chi connectivity index (χ3v) is 3.18. The zero-order valence-electron chi connectivity index (χ0n) is 12.8. The second-order valence-corrected chi connectivity index (χ2v) is 5.97. The first-order chi connectivity index (χ1) is 8.37. The van der Waals surface area contributed by atoms with Crippen LogP contribution < -0.4 is 5.32 Å². The van der Waals surface area contributed by atoms with Gasteiger partial charge in [-0.25, -0.2) is 0 Å². The molecule has 0 aliphatic heterocycles. The molecule has 0 aromatic heterocycles. The van der Waals surface area contributed by atoms with Crippen LogP contribution in [-0.2, 0) is 9.53 Å². The Morgan fingerprint density at radius 1 is 1.33 bits per heavy atom. The van der Waals surface area contributed by atoms with Gasteiger partial charge in [-0.1, -0.05) is 19.8 Å². The number of ketones is 1. The highest BCUT2D eigenvalue weighted by Crippen LogP contribution is 2.21. The summed E-state index contributed by atoms with van der Waals surface area (Å²) in [5, 5.41) is 3.12. The molecule has 0 heterocycles. The van der Waals surface area contributed by atoms with Crippen LogP contribution in [0.4, 0.5) is 0 Å². The normalized spacial score (nSPS) is 13.6. The van der Waals surface area contributed by atoms with E-state index in [2.05, 4.69) is 26.1 Å². The van der Waals surface area contributed by atoms with Gasteiger partial charge in [0, 0.05) is 13.0 Å². The van der Waals surface area contributed by atoms with Crippen LogP contribution in [0.5, 0.6) is 0 Å². The summed E-state index contributed by atoms with van der Waals surface area (Å²) in [5.74, 6) is 0.799. The molecule has 3 heteroatoms. The van der Waals surface area contributed by atoms with Gasteiger partial charge in [-0.15, -0.1) is 0 Å². The Morgan fingerprint density at radius 3 is 2.56 bits per heavy atom. The summed E-state index contributed by atoms with van der Waals surface area (Å²) in [6, 6.07) is 0. The van der Waals surface area contributed by atoms with Crippen molar-refractivity contribution < 1.29 is 9.53 Å². The summed E-state index contributed by atoms with van der Waals surface area (Å²) in [6.07, 6.45) is 5.08. The van der Waals surface area contributed by atoms with Crippen molar-refractivity contribution >= 4 is 5.78 Å². The summed E-state index contributed by atoms with van der Waals surface area (Å²) in [7, 11) is 1.96.